The normalized spacial score (nSPS) is 16.8. The monoisotopic (exact) mass is 544 g/mol. The summed E-state index contributed by atoms with van der Waals surface area (Å²) in [5, 5.41) is 21.0. The van der Waals surface area contributed by atoms with E-state index >= 15 is 0 Å². The van der Waals surface area contributed by atoms with Gasteiger partial charge in [0.25, 0.3) is 0 Å². The van der Waals surface area contributed by atoms with E-state index in [1.807, 2.05) is 42.6 Å². The lowest BCUT2D eigenvalue weighted by molar-refractivity contribution is -0.142. The molecular formula is C33H37ClN2O3. The van der Waals surface area contributed by atoms with Crippen LogP contribution in [0.2, 0.25) is 5.02 Å². The Morgan fingerprint density at radius 3 is 2.46 bits per heavy atom. The van der Waals surface area contributed by atoms with E-state index in [1.54, 1.807) is 13.8 Å². The SMILES string of the molecule is CC(C)(C(=O)O)c1ccc(C(O)CCCN2CCC(=C3c4ccc(Cl)cc4CCc4cccnc43)CC2)cc1. The molecule has 204 valence electrons. The smallest absolute Gasteiger partial charge is 0.313 e. The molecule has 1 aliphatic carbocycles. The first-order valence-corrected chi connectivity index (χ1v) is 14.3. The highest BCUT2D eigenvalue weighted by molar-refractivity contribution is 6.30. The summed E-state index contributed by atoms with van der Waals surface area (Å²) in [4.78, 5) is 18.8. The second-order valence-electron chi connectivity index (χ2n) is 11.3. The molecule has 2 aliphatic rings. The van der Waals surface area contributed by atoms with Crippen molar-refractivity contribution < 1.29 is 15.0 Å². The van der Waals surface area contributed by atoms with Gasteiger partial charge in [0.15, 0.2) is 0 Å². The van der Waals surface area contributed by atoms with Crippen LogP contribution >= 0.6 is 11.6 Å². The first-order valence-electron chi connectivity index (χ1n) is 13.9. The molecule has 1 saturated heterocycles. The van der Waals surface area contributed by atoms with Crippen LogP contribution in [0.1, 0.15) is 79.1 Å². The summed E-state index contributed by atoms with van der Waals surface area (Å²) in [5.41, 5.74) is 8.42. The average Bonchev–Trinajstić information content (AvgIpc) is 3.10. The van der Waals surface area contributed by atoms with Gasteiger partial charge in [0.2, 0.25) is 0 Å². The highest BCUT2D eigenvalue weighted by Crippen LogP contribution is 2.38. The second kappa shape index (κ2) is 11.6. The van der Waals surface area contributed by atoms with Crippen LogP contribution in [0.3, 0.4) is 0 Å². The van der Waals surface area contributed by atoms with Gasteiger partial charge in [0.1, 0.15) is 0 Å². The number of halogens is 1. The first-order chi connectivity index (χ1) is 18.7. The zero-order chi connectivity index (χ0) is 27.6. The molecule has 2 aromatic carbocycles. The Hall–Kier alpha value is -2.99. The van der Waals surface area contributed by atoms with E-state index in [-0.39, 0.29) is 0 Å². The maximum absolute atomic E-state index is 11.5. The van der Waals surface area contributed by atoms with Gasteiger partial charge in [-0.05, 0) is 105 Å². The van der Waals surface area contributed by atoms with Crippen molar-refractivity contribution in [2.45, 2.75) is 63.9 Å². The summed E-state index contributed by atoms with van der Waals surface area (Å²) in [6.07, 6.45) is 6.90. The number of pyridine rings is 1. The molecule has 0 spiro atoms. The van der Waals surface area contributed by atoms with E-state index < -0.39 is 17.5 Å². The molecule has 39 heavy (non-hydrogen) atoms. The number of hydrogen-bond donors (Lipinski definition) is 2. The molecular weight excluding hydrogens is 508 g/mol. The minimum Gasteiger partial charge on any atom is -0.481 e. The Balaban J connectivity index is 1.21. The zero-order valence-corrected chi connectivity index (χ0v) is 23.5. The van der Waals surface area contributed by atoms with Gasteiger partial charge in [-0.15, -0.1) is 0 Å². The third-order valence-corrected chi connectivity index (χ3v) is 8.68. The van der Waals surface area contributed by atoms with Gasteiger partial charge in [-0.25, -0.2) is 0 Å². The van der Waals surface area contributed by atoms with E-state index in [0.29, 0.717) is 6.42 Å². The number of carbonyl (C=O) groups is 1. The minimum absolute atomic E-state index is 0.550. The predicted octanol–water partition coefficient (Wildman–Crippen LogP) is 6.61. The maximum Gasteiger partial charge on any atom is 0.313 e. The Bertz CT molecular complexity index is 1370. The standard InChI is InChI=1S/C33H37ClN2O3/c1-33(2,32(38)39)26-11-9-22(10-12-26)29(37)6-4-18-36-19-15-23(16-20-36)30-28-14-13-27(34)21-25(28)8-7-24-5-3-17-35-31(24)30/h3,5,9-14,17,21,29,37H,4,6-8,15-16,18-20H2,1-2H3,(H,38,39). The summed E-state index contributed by atoms with van der Waals surface area (Å²) in [6.45, 7) is 6.34. The highest BCUT2D eigenvalue weighted by Gasteiger charge is 2.29. The van der Waals surface area contributed by atoms with E-state index in [1.165, 1.54) is 27.8 Å². The van der Waals surface area contributed by atoms with E-state index in [9.17, 15) is 15.0 Å². The van der Waals surface area contributed by atoms with Gasteiger partial charge in [0, 0.05) is 29.9 Å². The molecule has 1 fully saturated rings. The summed E-state index contributed by atoms with van der Waals surface area (Å²) < 4.78 is 0. The lowest BCUT2D eigenvalue weighted by Gasteiger charge is -2.30. The quantitative estimate of drug-likeness (QED) is 0.350. The Kier molecular flexibility index (Phi) is 8.22. The number of aryl methyl sites for hydroxylation is 2. The van der Waals surface area contributed by atoms with Crippen molar-refractivity contribution >= 4 is 23.1 Å². The van der Waals surface area contributed by atoms with Gasteiger partial charge in [-0.2, -0.15) is 0 Å². The van der Waals surface area contributed by atoms with Crippen LogP contribution in [-0.2, 0) is 23.1 Å². The molecule has 1 atom stereocenters. The fourth-order valence-corrected chi connectivity index (χ4v) is 6.04. The Labute approximate surface area is 236 Å². The van der Waals surface area contributed by atoms with Crippen molar-refractivity contribution in [2.24, 2.45) is 0 Å². The number of fused-ring (bicyclic) bond motifs is 2. The molecule has 3 aromatic rings. The van der Waals surface area contributed by atoms with Crippen molar-refractivity contribution in [2.75, 3.05) is 19.6 Å². The van der Waals surface area contributed by atoms with Gasteiger partial charge in [-0.3, -0.25) is 9.78 Å². The molecule has 1 unspecified atom stereocenters. The lowest BCUT2D eigenvalue weighted by atomic mass is 9.84. The predicted molar refractivity (Wildman–Crippen MR) is 156 cm³/mol. The fourth-order valence-electron chi connectivity index (χ4n) is 5.85. The first kappa shape index (κ1) is 27.6. The Morgan fingerprint density at radius 2 is 1.74 bits per heavy atom. The number of benzene rings is 2. The second-order valence-corrected chi connectivity index (χ2v) is 11.8. The maximum atomic E-state index is 11.5. The van der Waals surface area contributed by atoms with E-state index in [2.05, 4.69) is 23.1 Å². The lowest BCUT2D eigenvalue weighted by Crippen LogP contribution is -2.32. The van der Waals surface area contributed by atoms with Crippen LogP contribution in [0.15, 0.2) is 66.4 Å². The highest BCUT2D eigenvalue weighted by atomic mass is 35.5. The molecule has 5 nitrogen and oxygen atoms in total. The van der Waals surface area contributed by atoms with Crippen LogP contribution in [0.4, 0.5) is 0 Å². The number of rotatable bonds is 7. The van der Waals surface area contributed by atoms with E-state index in [4.69, 9.17) is 16.6 Å². The van der Waals surface area contributed by atoms with Crippen molar-refractivity contribution in [1.82, 2.24) is 9.88 Å². The van der Waals surface area contributed by atoms with Crippen molar-refractivity contribution in [1.29, 1.82) is 0 Å². The number of nitrogens with zero attached hydrogens (tertiary/aromatic N) is 2. The zero-order valence-electron chi connectivity index (χ0n) is 22.8. The van der Waals surface area contributed by atoms with E-state index in [0.717, 1.165) is 73.6 Å². The molecule has 5 rings (SSSR count). The van der Waals surface area contributed by atoms with Crippen LogP contribution in [0, 0.1) is 0 Å². The molecule has 0 saturated carbocycles. The number of aliphatic hydroxyl groups is 1. The largest absolute Gasteiger partial charge is 0.481 e. The third kappa shape index (κ3) is 5.96. The molecule has 0 amide bonds. The fraction of sp³-hybridized carbons (Fsp3) is 0.394. The Morgan fingerprint density at radius 1 is 1.03 bits per heavy atom. The summed E-state index contributed by atoms with van der Waals surface area (Å²) in [6, 6.07) is 17.9. The molecule has 2 heterocycles. The molecule has 0 bridgehead atoms. The number of carboxylic acids is 1. The number of aromatic nitrogens is 1. The third-order valence-electron chi connectivity index (χ3n) is 8.45. The number of hydrogen-bond acceptors (Lipinski definition) is 4. The molecule has 1 aromatic heterocycles. The number of likely N-dealkylation sites (tertiary alicyclic amines) is 1. The van der Waals surface area contributed by atoms with Crippen LogP contribution in [-0.4, -0.2) is 45.7 Å². The number of carboxylic acid groups (broad SMARTS) is 1. The van der Waals surface area contributed by atoms with Crippen LogP contribution in [0.5, 0.6) is 0 Å². The average molecular weight is 545 g/mol. The molecule has 0 radical (unpaired) electrons. The number of aliphatic carboxylic acids is 1. The molecule has 6 heteroatoms. The van der Waals surface area contributed by atoms with Crippen molar-refractivity contribution in [3.05, 3.63) is 105 Å². The topological polar surface area (TPSA) is 73.7 Å². The minimum atomic E-state index is -0.948. The molecule has 1 aliphatic heterocycles. The van der Waals surface area contributed by atoms with Gasteiger partial charge in [-0.1, -0.05) is 53.6 Å². The molecule has 2 N–H and O–H groups in total. The van der Waals surface area contributed by atoms with Crippen molar-refractivity contribution in [3.8, 4) is 0 Å². The number of piperidine rings is 1. The summed E-state index contributed by atoms with van der Waals surface area (Å²) in [7, 11) is 0. The summed E-state index contributed by atoms with van der Waals surface area (Å²) in [5.74, 6) is -0.857. The van der Waals surface area contributed by atoms with Gasteiger partial charge < -0.3 is 15.1 Å². The van der Waals surface area contributed by atoms with Crippen molar-refractivity contribution in [3.63, 3.8) is 0 Å². The number of aliphatic hydroxyl groups excluding tert-OH is 1. The van der Waals surface area contributed by atoms with Crippen LogP contribution < -0.4 is 0 Å². The van der Waals surface area contributed by atoms with Gasteiger partial charge >= 0.3 is 5.97 Å². The van der Waals surface area contributed by atoms with Crippen LogP contribution in [0.25, 0.3) is 5.57 Å². The van der Waals surface area contributed by atoms with Gasteiger partial charge in [0.05, 0.1) is 17.2 Å². The summed E-state index contributed by atoms with van der Waals surface area (Å²) >= 11 is 6.36.